The molecule has 18 heteroatoms. The van der Waals surface area contributed by atoms with Crippen LogP contribution in [0.1, 0.15) is 20.3 Å². The van der Waals surface area contributed by atoms with Crippen LogP contribution >= 0.6 is 0 Å². The highest BCUT2D eigenvalue weighted by atomic mass is 32.2. The molecule has 0 amide bonds. The van der Waals surface area contributed by atoms with Crippen LogP contribution in [0.15, 0.2) is 72.7 Å². The van der Waals surface area contributed by atoms with E-state index in [4.69, 9.17) is 4.18 Å². The summed E-state index contributed by atoms with van der Waals surface area (Å²) in [7, 11) is -7.63. The standard InChI is InChI=1S/C12H15NO7S.C8H8O3S.C4H7NO4/c1-2-19-12(14)11(13(15)16)8-9-21(17,18)20-10-6-4-3-5-7-10;1-2-12(9,10)11-8-6-4-3-5-7-8;1-2-9-4(6)3-5(7)8/h3-7,11H,2,8-9H2,1H3;2-7H,1H2;2-3H2,1H3. The summed E-state index contributed by atoms with van der Waals surface area (Å²) >= 11 is 0. The average molecular weight is 635 g/mol. The van der Waals surface area contributed by atoms with Crippen LogP contribution in [0.25, 0.3) is 0 Å². The summed E-state index contributed by atoms with van der Waals surface area (Å²) in [6.07, 6.45) is -0.513. The largest absolute Gasteiger partial charge is 0.461 e. The van der Waals surface area contributed by atoms with Crippen LogP contribution in [0.4, 0.5) is 0 Å². The Morgan fingerprint density at radius 2 is 1.33 bits per heavy atom. The summed E-state index contributed by atoms with van der Waals surface area (Å²) in [6.45, 7) is 5.64. The van der Waals surface area contributed by atoms with Crippen LogP contribution < -0.4 is 8.37 Å². The molecule has 0 radical (unpaired) electrons. The van der Waals surface area contributed by atoms with Gasteiger partial charge in [-0.15, -0.1) is 0 Å². The summed E-state index contributed by atoms with van der Waals surface area (Å²) in [6, 6.07) is 14.3. The van der Waals surface area contributed by atoms with Gasteiger partial charge in [0.15, 0.2) is 0 Å². The molecule has 0 heterocycles. The fraction of sp³-hybridized carbons (Fsp3) is 0.333. The molecule has 1 atom stereocenters. The minimum absolute atomic E-state index is 0.0174. The molecule has 2 aromatic carbocycles. The van der Waals surface area contributed by atoms with Crippen molar-refractivity contribution in [2.24, 2.45) is 0 Å². The number of hydrogen-bond donors (Lipinski definition) is 0. The van der Waals surface area contributed by atoms with Gasteiger partial charge in [-0.1, -0.05) is 43.0 Å². The normalized spacial score (nSPS) is 11.1. The first-order chi connectivity index (χ1) is 19.7. The first-order valence-electron chi connectivity index (χ1n) is 11.8. The molecule has 0 aliphatic carbocycles. The predicted molar refractivity (Wildman–Crippen MR) is 148 cm³/mol. The molecule has 0 saturated carbocycles. The van der Waals surface area contributed by atoms with Gasteiger partial charge in [-0.3, -0.25) is 20.2 Å². The molecule has 16 nitrogen and oxygen atoms in total. The summed E-state index contributed by atoms with van der Waals surface area (Å²) in [5.74, 6) is -2.12. The smallest absolute Gasteiger partial charge is 0.381 e. The van der Waals surface area contributed by atoms with Crippen LogP contribution in [0.2, 0.25) is 0 Å². The second-order valence-electron chi connectivity index (χ2n) is 7.35. The third-order valence-corrected chi connectivity index (χ3v) is 6.16. The van der Waals surface area contributed by atoms with E-state index in [1.165, 1.54) is 19.1 Å². The number of benzene rings is 2. The maximum absolute atomic E-state index is 11.7. The molecule has 0 bridgehead atoms. The molecule has 2 rings (SSSR count). The lowest BCUT2D eigenvalue weighted by Crippen LogP contribution is -2.34. The fourth-order valence-corrected chi connectivity index (χ4v) is 3.87. The van der Waals surface area contributed by atoms with Gasteiger partial charge in [-0.25, -0.2) is 9.59 Å². The predicted octanol–water partition coefficient (Wildman–Crippen LogP) is 2.36. The lowest BCUT2D eigenvalue weighted by molar-refractivity contribution is -0.510. The Morgan fingerprint density at radius 3 is 1.74 bits per heavy atom. The van der Waals surface area contributed by atoms with E-state index in [-0.39, 0.29) is 24.7 Å². The lowest BCUT2D eigenvalue weighted by atomic mass is 10.2. The van der Waals surface area contributed by atoms with Gasteiger partial charge < -0.3 is 17.8 Å². The van der Waals surface area contributed by atoms with E-state index in [2.05, 4.69) is 20.2 Å². The zero-order chi connectivity index (χ0) is 32.2. The summed E-state index contributed by atoms with van der Waals surface area (Å²) < 4.78 is 63.3. The number of para-hydroxylation sites is 2. The minimum atomic E-state index is -4.02. The topological polar surface area (TPSA) is 226 Å². The van der Waals surface area contributed by atoms with Gasteiger partial charge in [0.1, 0.15) is 11.5 Å². The Bertz CT molecular complexity index is 1370. The third-order valence-electron chi connectivity index (χ3n) is 4.14. The van der Waals surface area contributed by atoms with Crippen molar-refractivity contribution in [1.29, 1.82) is 0 Å². The Kier molecular flexibility index (Phi) is 17.4. The molecule has 0 spiro atoms. The van der Waals surface area contributed by atoms with E-state index in [0.29, 0.717) is 0 Å². The van der Waals surface area contributed by atoms with Crippen molar-refractivity contribution in [3.05, 3.63) is 92.9 Å². The molecule has 0 aromatic heterocycles. The van der Waals surface area contributed by atoms with Gasteiger partial charge in [0, 0.05) is 16.3 Å². The Hall–Kier alpha value is -4.58. The van der Waals surface area contributed by atoms with Gasteiger partial charge in [0.25, 0.3) is 6.54 Å². The molecule has 0 aliphatic rings. The van der Waals surface area contributed by atoms with Crippen molar-refractivity contribution in [2.45, 2.75) is 26.3 Å². The van der Waals surface area contributed by atoms with Crippen molar-refractivity contribution in [3.8, 4) is 11.5 Å². The van der Waals surface area contributed by atoms with Gasteiger partial charge >= 0.3 is 38.2 Å². The van der Waals surface area contributed by atoms with Crippen molar-refractivity contribution in [3.63, 3.8) is 0 Å². The molecule has 0 fully saturated rings. The van der Waals surface area contributed by atoms with Crippen molar-refractivity contribution < 1.29 is 54.1 Å². The molecular formula is C24H30N2O14S2. The Labute approximate surface area is 242 Å². The second-order valence-corrected chi connectivity index (χ2v) is 10.5. The van der Waals surface area contributed by atoms with E-state index in [9.17, 15) is 46.7 Å². The molecule has 1 unspecified atom stereocenters. The minimum Gasteiger partial charge on any atom is -0.461 e. The SMILES string of the molecule is C=CS(=O)(=O)Oc1ccccc1.CCOC(=O)C(CCS(=O)(=O)Oc1ccccc1)[N+](=O)[O-].CCOC(=O)C[N+](=O)[O-]. The van der Waals surface area contributed by atoms with Crippen LogP contribution in [-0.4, -0.2) is 70.2 Å². The molecule has 0 N–H and O–H groups in total. The van der Waals surface area contributed by atoms with Crippen LogP contribution in [0.5, 0.6) is 11.5 Å². The monoisotopic (exact) mass is 634 g/mol. The lowest BCUT2D eigenvalue weighted by Gasteiger charge is -2.09. The average Bonchev–Trinajstić information content (AvgIpc) is 2.90. The maximum atomic E-state index is 11.7. The zero-order valence-corrected chi connectivity index (χ0v) is 24.2. The molecule has 42 heavy (non-hydrogen) atoms. The number of carbonyl (C=O) groups excluding carboxylic acids is 2. The van der Waals surface area contributed by atoms with Gasteiger partial charge in [0.05, 0.1) is 24.4 Å². The second kappa shape index (κ2) is 19.5. The first-order valence-corrected chi connectivity index (χ1v) is 14.9. The number of esters is 2. The van der Waals surface area contributed by atoms with Crippen molar-refractivity contribution in [2.75, 3.05) is 25.5 Å². The molecule has 0 aliphatic heterocycles. The number of rotatable bonds is 14. The maximum Gasteiger partial charge on any atom is 0.381 e. The van der Waals surface area contributed by atoms with Crippen LogP contribution in [-0.2, 0) is 39.3 Å². The summed E-state index contributed by atoms with van der Waals surface area (Å²) in [5, 5.41) is 21.1. The number of ether oxygens (including phenoxy) is 2. The fourth-order valence-electron chi connectivity index (χ4n) is 2.42. The quantitative estimate of drug-likeness (QED) is 0.126. The first kappa shape index (κ1) is 37.4. The molecule has 2 aromatic rings. The van der Waals surface area contributed by atoms with Gasteiger partial charge in [-0.05, 0) is 38.1 Å². The van der Waals surface area contributed by atoms with E-state index in [1.54, 1.807) is 55.5 Å². The highest BCUT2D eigenvalue weighted by molar-refractivity contribution is 7.90. The van der Waals surface area contributed by atoms with Crippen molar-refractivity contribution in [1.82, 2.24) is 0 Å². The van der Waals surface area contributed by atoms with Crippen molar-refractivity contribution >= 4 is 32.2 Å². The van der Waals surface area contributed by atoms with E-state index in [0.717, 1.165) is 5.41 Å². The summed E-state index contributed by atoms with van der Waals surface area (Å²) in [5.41, 5.74) is 0. The number of carbonyl (C=O) groups is 2. The van der Waals surface area contributed by atoms with Gasteiger partial charge in [-0.2, -0.15) is 16.8 Å². The summed E-state index contributed by atoms with van der Waals surface area (Å²) in [4.78, 5) is 40.3. The number of nitro groups is 2. The molecular weight excluding hydrogens is 604 g/mol. The van der Waals surface area contributed by atoms with Crippen LogP contribution in [0.3, 0.4) is 0 Å². The highest BCUT2D eigenvalue weighted by Crippen LogP contribution is 2.14. The molecule has 232 valence electrons. The Morgan fingerprint density at radius 1 is 0.857 bits per heavy atom. The van der Waals surface area contributed by atoms with Gasteiger partial charge in [0.2, 0.25) is 0 Å². The Balaban J connectivity index is 0.000000673. The highest BCUT2D eigenvalue weighted by Gasteiger charge is 2.33. The van der Waals surface area contributed by atoms with Crippen LogP contribution in [0, 0.1) is 20.2 Å². The van der Waals surface area contributed by atoms with E-state index < -0.39 is 66.8 Å². The zero-order valence-electron chi connectivity index (χ0n) is 22.6. The number of nitrogens with zero attached hydrogens (tertiary/aromatic N) is 2. The van der Waals surface area contributed by atoms with E-state index in [1.807, 2.05) is 0 Å². The third kappa shape index (κ3) is 17.9. The number of hydrogen-bond acceptors (Lipinski definition) is 14. The molecule has 0 saturated heterocycles. The van der Waals surface area contributed by atoms with E-state index >= 15 is 0 Å².